The van der Waals surface area contributed by atoms with Crippen LogP contribution in [-0.2, 0) is 22.4 Å². The molecule has 2 aromatic carbocycles. The lowest BCUT2D eigenvalue weighted by molar-refractivity contribution is -0.141. The van der Waals surface area contributed by atoms with E-state index >= 15 is 0 Å². The highest BCUT2D eigenvalue weighted by Gasteiger charge is 2.37. The number of hydrogen-bond donors (Lipinski definition) is 0. The first-order valence-corrected chi connectivity index (χ1v) is 9.17. The van der Waals surface area contributed by atoms with Gasteiger partial charge in [0.25, 0.3) is 0 Å². The van der Waals surface area contributed by atoms with Crippen LogP contribution in [0.4, 0.5) is 0 Å². The van der Waals surface area contributed by atoms with Gasteiger partial charge in [-0.2, -0.15) is 0 Å². The van der Waals surface area contributed by atoms with Gasteiger partial charge in [0.05, 0.1) is 41.0 Å². The third-order valence-electron chi connectivity index (χ3n) is 5.12. The van der Waals surface area contributed by atoms with E-state index in [0.717, 1.165) is 17.5 Å². The first kappa shape index (κ1) is 19.9. The second-order valence-electron chi connectivity index (χ2n) is 6.82. The molecule has 2 atom stereocenters. The number of rotatable bonds is 8. The largest absolute Gasteiger partial charge is 0.497 e. The molecule has 6 heteroatoms. The molecule has 0 aromatic heterocycles. The van der Waals surface area contributed by atoms with Gasteiger partial charge in [-0.1, -0.05) is 6.07 Å². The number of methoxy groups -OCH3 is 4. The van der Waals surface area contributed by atoms with Crippen molar-refractivity contribution in [3.63, 3.8) is 0 Å². The van der Waals surface area contributed by atoms with E-state index < -0.39 is 0 Å². The van der Waals surface area contributed by atoms with Crippen molar-refractivity contribution in [3.05, 3.63) is 47.5 Å². The smallest absolute Gasteiger partial charge is 0.309 e. The van der Waals surface area contributed by atoms with Gasteiger partial charge < -0.3 is 23.7 Å². The van der Waals surface area contributed by atoms with Crippen LogP contribution < -0.4 is 18.9 Å². The van der Waals surface area contributed by atoms with Gasteiger partial charge in [-0.05, 0) is 48.2 Å². The quantitative estimate of drug-likeness (QED) is 0.649. The second-order valence-corrected chi connectivity index (χ2v) is 6.82. The van der Waals surface area contributed by atoms with Crippen LogP contribution in [0.5, 0.6) is 23.0 Å². The zero-order chi connectivity index (χ0) is 20.1. The van der Waals surface area contributed by atoms with Crippen molar-refractivity contribution in [1.29, 1.82) is 0 Å². The normalized spacial score (nSPS) is 18.5. The Hall–Kier alpha value is -2.89. The van der Waals surface area contributed by atoms with E-state index in [4.69, 9.17) is 23.7 Å². The Morgan fingerprint density at radius 1 is 0.821 bits per heavy atom. The third-order valence-corrected chi connectivity index (χ3v) is 5.12. The molecule has 0 amide bonds. The summed E-state index contributed by atoms with van der Waals surface area (Å²) in [5.41, 5.74) is 2.06. The molecule has 0 N–H and O–H groups in total. The lowest BCUT2D eigenvalue weighted by Crippen LogP contribution is -2.20. The molecule has 1 saturated heterocycles. The Kier molecular flexibility index (Phi) is 6.29. The van der Waals surface area contributed by atoms with Gasteiger partial charge in [-0.15, -0.1) is 0 Å². The fraction of sp³-hybridized carbons (Fsp3) is 0.409. The average molecular weight is 386 g/mol. The number of ether oxygens (including phenoxy) is 5. The number of carbonyl (C=O) groups excluding carboxylic acids is 1. The van der Waals surface area contributed by atoms with Gasteiger partial charge in [0.1, 0.15) is 11.5 Å². The summed E-state index contributed by atoms with van der Waals surface area (Å²) in [5.74, 6) is 2.48. The minimum absolute atomic E-state index is 0.0859. The molecule has 0 saturated carbocycles. The van der Waals surface area contributed by atoms with Gasteiger partial charge in [0.2, 0.25) is 0 Å². The summed E-state index contributed by atoms with van der Waals surface area (Å²) in [7, 11) is 6.45. The number of esters is 1. The molecule has 28 heavy (non-hydrogen) atoms. The van der Waals surface area contributed by atoms with Crippen LogP contribution >= 0.6 is 0 Å². The molecule has 1 fully saturated rings. The van der Waals surface area contributed by atoms with Gasteiger partial charge >= 0.3 is 5.97 Å². The summed E-state index contributed by atoms with van der Waals surface area (Å²) >= 11 is 0. The predicted molar refractivity (Wildman–Crippen MR) is 104 cm³/mol. The summed E-state index contributed by atoms with van der Waals surface area (Å²) in [5, 5.41) is 0. The van der Waals surface area contributed by atoms with Crippen LogP contribution in [0.25, 0.3) is 0 Å². The Bertz CT molecular complexity index is 810. The molecule has 150 valence electrons. The van der Waals surface area contributed by atoms with Crippen molar-refractivity contribution in [3.8, 4) is 23.0 Å². The summed E-state index contributed by atoms with van der Waals surface area (Å²) in [6.07, 6.45) is 1.29. The Morgan fingerprint density at radius 3 is 2.11 bits per heavy atom. The molecule has 1 aliphatic heterocycles. The first-order valence-electron chi connectivity index (χ1n) is 9.17. The lowest BCUT2D eigenvalue weighted by Gasteiger charge is -2.17. The number of benzene rings is 2. The zero-order valence-electron chi connectivity index (χ0n) is 16.7. The van der Waals surface area contributed by atoms with Crippen LogP contribution in [0.1, 0.15) is 11.1 Å². The molecule has 0 spiro atoms. The van der Waals surface area contributed by atoms with Crippen LogP contribution in [-0.4, -0.2) is 41.0 Å². The topological polar surface area (TPSA) is 63.2 Å². The maximum Gasteiger partial charge on any atom is 0.309 e. The van der Waals surface area contributed by atoms with E-state index in [1.54, 1.807) is 28.4 Å². The van der Waals surface area contributed by atoms with E-state index in [1.165, 1.54) is 0 Å². The van der Waals surface area contributed by atoms with Crippen LogP contribution in [0.15, 0.2) is 36.4 Å². The van der Waals surface area contributed by atoms with E-state index in [2.05, 4.69) is 0 Å². The van der Waals surface area contributed by atoms with Crippen LogP contribution in [0, 0.1) is 11.8 Å². The van der Waals surface area contributed by atoms with Gasteiger partial charge in [0.15, 0.2) is 11.5 Å². The summed E-state index contributed by atoms with van der Waals surface area (Å²) in [6, 6.07) is 11.5. The van der Waals surface area contributed by atoms with Crippen molar-refractivity contribution in [2.24, 2.45) is 11.8 Å². The van der Waals surface area contributed by atoms with Crippen molar-refractivity contribution in [1.82, 2.24) is 0 Å². The average Bonchev–Trinajstić information content (AvgIpc) is 3.06. The molecule has 0 aliphatic carbocycles. The third kappa shape index (κ3) is 4.32. The van der Waals surface area contributed by atoms with E-state index in [9.17, 15) is 4.79 Å². The molecule has 1 aliphatic rings. The van der Waals surface area contributed by atoms with Gasteiger partial charge in [-0.25, -0.2) is 0 Å². The highest BCUT2D eigenvalue weighted by atomic mass is 16.5. The molecule has 2 aromatic rings. The minimum Gasteiger partial charge on any atom is -0.497 e. The fourth-order valence-electron chi connectivity index (χ4n) is 3.60. The number of hydrogen-bond acceptors (Lipinski definition) is 6. The molecular formula is C22H26O6. The van der Waals surface area contributed by atoms with Crippen molar-refractivity contribution in [2.45, 2.75) is 12.8 Å². The van der Waals surface area contributed by atoms with E-state index in [-0.39, 0.29) is 17.8 Å². The maximum atomic E-state index is 12.4. The van der Waals surface area contributed by atoms with Crippen LogP contribution in [0.3, 0.4) is 0 Å². The Labute approximate surface area is 165 Å². The van der Waals surface area contributed by atoms with Crippen molar-refractivity contribution in [2.75, 3.05) is 35.0 Å². The summed E-state index contributed by atoms with van der Waals surface area (Å²) in [6.45, 7) is 0.416. The van der Waals surface area contributed by atoms with E-state index in [0.29, 0.717) is 36.0 Å². The lowest BCUT2D eigenvalue weighted by atomic mass is 9.85. The molecule has 0 bridgehead atoms. The molecule has 0 radical (unpaired) electrons. The molecular weight excluding hydrogens is 360 g/mol. The second kappa shape index (κ2) is 8.87. The van der Waals surface area contributed by atoms with Gasteiger partial charge in [0, 0.05) is 12.0 Å². The minimum atomic E-state index is -0.218. The molecule has 3 rings (SSSR count). The first-order chi connectivity index (χ1) is 13.6. The van der Waals surface area contributed by atoms with Crippen molar-refractivity contribution >= 4 is 5.97 Å². The zero-order valence-corrected chi connectivity index (χ0v) is 16.7. The number of cyclic esters (lactones) is 1. The Morgan fingerprint density at radius 2 is 1.50 bits per heavy atom. The predicted octanol–water partition coefficient (Wildman–Crippen LogP) is 3.30. The van der Waals surface area contributed by atoms with E-state index in [1.807, 2.05) is 36.4 Å². The number of carbonyl (C=O) groups is 1. The highest BCUT2D eigenvalue weighted by Crippen LogP contribution is 2.34. The summed E-state index contributed by atoms with van der Waals surface area (Å²) < 4.78 is 26.7. The summed E-state index contributed by atoms with van der Waals surface area (Å²) in [4.78, 5) is 12.4. The highest BCUT2D eigenvalue weighted by molar-refractivity contribution is 5.75. The fourth-order valence-corrected chi connectivity index (χ4v) is 3.60. The molecule has 1 heterocycles. The van der Waals surface area contributed by atoms with Crippen molar-refractivity contribution < 1.29 is 28.5 Å². The molecule has 6 nitrogen and oxygen atoms in total. The Balaban J connectivity index is 1.78. The maximum absolute atomic E-state index is 12.4. The molecule has 0 unspecified atom stereocenters. The van der Waals surface area contributed by atoms with Gasteiger partial charge in [-0.3, -0.25) is 4.79 Å². The van der Waals surface area contributed by atoms with Crippen LogP contribution in [0.2, 0.25) is 0 Å². The SMILES string of the molecule is COc1cc(C[C@H]2C(=O)OC[C@@H]2Cc2ccc(OC)c(OC)c2)cc(OC)c1. The monoisotopic (exact) mass is 386 g/mol. The standard InChI is InChI=1S/C22H26O6/c1-24-17-8-15(9-18(12-17)25-2)10-19-16(13-28-22(19)23)7-14-5-6-20(26-3)21(11-14)27-4/h5-6,8-9,11-12,16,19H,7,10,13H2,1-4H3/t16-,19+/m0/s1.